The van der Waals surface area contributed by atoms with Crippen LogP contribution in [0.2, 0.25) is 0 Å². The van der Waals surface area contributed by atoms with E-state index in [0.29, 0.717) is 6.04 Å². The molecule has 1 unspecified atom stereocenters. The number of aryl methyl sites for hydroxylation is 2. The van der Waals surface area contributed by atoms with Crippen LogP contribution in [0.5, 0.6) is 0 Å². The average molecular weight is 265 g/mol. The van der Waals surface area contributed by atoms with Gasteiger partial charge in [0, 0.05) is 24.8 Å². The van der Waals surface area contributed by atoms with Gasteiger partial charge < -0.3 is 5.32 Å². The molecule has 0 radical (unpaired) electrons. The lowest BCUT2D eigenvalue weighted by molar-refractivity contribution is 0.446. The van der Waals surface area contributed by atoms with Gasteiger partial charge in [0.05, 0.1) is 5.69 Å². The van der Waals surface area contributed by atoms with Crippen molar-refractivity contribution in [2.75, 3.05) is 6.54 Å². The molecule has 0 aromatic carbocycles. The highest BCUT2D eigenvalue weighted by Gasteiger charge is 2.17. The lowest BCUT2D eigenvalue weighted by Gasteiger charge is -2.19. The van der Waals surface area contributed by atoms with Gasteiger partial charge in [0.2, 0.25) is 0 Å². The average Bonchev–Trinajstić information content (AvgIpc) is 2.74. The molecule has 0 amide bonds. The van der Waals surface area contributed by atoms with E-state index in [9.17, 15) is 0 Å². The van der Waals surface area contributed by atoms with Gasteiger partial charge in [-0.15, -0.1) is 0 Å². The van der Waals surface area contributed by atoms with E-state index in [1.165, 1.54) is 36.9 Å². The van der Waals surface area contributed by atoms with Crippen molar-refractivity contribution in [3.8, 4) is 0 Å². The molecule has 1 rings (SSSR count). The molecule has 1 aromatic rings. The topological polar surface area (TPSA) is 29.9 Å². The fourth-order valence-corrected chi connectivity index (χ4v) is 2.54. The van der Waals surface area contributed by atoms with Gasteiger partial charge in [0.15, 0.2) is 0 Å². The summed E-state index contributed by atoms with van der Waals surface area (Å²) in [5.74, 6) is 0.798. The van der Waals surface area contributed by atoms with Crippen LogP contribution in [0.4, 0.5) is 0 Å². The molecule has 0 aliphatic carbocycles. The van der Waals surface area contributed by atoms with E-state index in [0.717, 1.165) is 18.9 Å². The van der Waals surface area contributed by atoms with E-state index >= 15 is 0 Å². The zero-order valence-electron chi connectivity index (χ0n) is 13.4. The minimum absolute atomic E-state index is 0.474. The third-order valence-electron chi connectivity index (χ3n) is 3.56. The number of nitrogens with zero attached hydrogens (tertiary/aromatic N) is 2. The van der Waals surface area contributed by atoms with Crippen molar-refractivity contribution in [2.45, 2.75) is 65.8 Å². The Hall–Kier alpha value is -0.830. The van der Waals surface area contributed by atoms with Crippen LogP contribution in [0.25, 0.3) is 0 Å². The molecule has 3 heteroatoms. The molecule has 0 saturated carbocycles. The summed E-state index contributed by atoms with van der Waals surface area (Å²) in [6.45, 7) is 10.1. The molecule has 3 nitrogen and oxygen atoms in total. The van der Waals surface area contributed by atoms with Gasteiger partial charge >= 0.3 is 0 Å². The number of rotatable bonds is 9. The highest BCUT2D eigenvalue weighted by Crippen LogP contribution is 2.24. The first-order valence-corrected chi connectivity index (χ1v) is 7.84. The summed E-state index contributed by atoms with van der Waals surface area (Å²) in [6.07, 6.45) is 8.22. The molecule has 19 heavy (non-hydrogen) atoms. The Morgan fingerprint density at radius 2 is 2.00 bits per heavy atom. The van der Waals surface area contributed by atoms with Crippen LogP contribution in [0.1, 0.15) is 70.7 Å². The fourth-order valence-electron chi connectivity index (χ4n) is 2.54. The van der Waals surface area contributed by atoms with Crippen LogP contribution in [-0.4, -0.2) is 16.3 Å². The van der Waals surface area contributed by atoms with Crippen molar-refractivity contribution in [1.82, 2.24) is 15.1 Å². The van der Waals surface area contributed by atoms with Crippen LogP contribution in [-0.2, 0) is 13.5 Å². The molecule has 0 aliphatic heterocycles. The Morgan fingerprint density at radius 3 is 2.58 bits per heavy atom. The molecule has 0 spiro atoms. The van der Waals surface area contributed by atoms with Crippen LogP contribution >= 0.6 is 0 Å². The molecule has 110 valence electrons. The van der Waals surface area contributed by atoms with E-state index < -0.39 is 0 Å². The summed E-state index contributed by atoms with van der Waals surface area (Å²) < 4.78 is 1.96. The number of hydrogen-bond donors (Lipinski definition) is 1. The minimum atomic E-state index is 0.474. The van der Waals surface area contributed by atoms with E-state index in [-0.39, 0.29) is 0 Å². The molecule has 0 fully saturated rings. The maximum absolute atomic E-state index is 4.58. The van der Waals surface area contributed by atoms with Crippen molar-refractivity contribution in [1.29, 1.82) is 0 Å². The molecule has 1 aromatic heterocycles. The summed E-state index contributed by atoms with van der Waals surface area (Å²) in [5, 5.41) is 8.27. The maximum atomic E-state index is 4.58. The second-order valence-electron chi connectivity index (χ2n) is 5.89. The Kier molecular flexibility index (Phi) is 7.14. The molecule has 0 saturated heterocycles. The van der Waals surface area contributed by atoms with Gasteiger partial charge in [0.1, 0.15) is 0 Å². The van der Waals surface area contributed by atoms with E-state index in [1.54, 1.807) is 0 Å². The fraction of sp³-hybridized carbons (Fsp3) is 0.812. The SMILES string of the molecule is CCCNC(CCCC(C)C)c1cn(C)nc1CC. The summed E-state index contributed by atoms with van der Waals surface area (Å²) in [4.78, 5) is 0. The Morgan fingerprint density at radius 1 is 1.26 bits per heavy atom. The standard InChI is InChI=1S/C16H31N3/c1-6-11-17-16(10-8-9-13(3)4)14-12-19(5)18-15(14)7-2/h12-13,16-17H,6-11H2,1-5H3. The van der Waals surface area contributed by atoms with Gasteiger partial charge in [-0.3, -0.25) is 4.68 Å². The normalized spacial score (nSPS) is 13.2. The highest BCUT2D eigenvalue weighted by atomic mass is 15.3. The van der Waals surface area contributed by atoms with Crippen molar-refractivity contribution < 1.29 is 0 Å². The summed E-state index contributed by atoms with van der Waals surface area (Å²) >= 11 is 0. The zero-order chi connectivity index (χ0) is 14.3. The van der Waals surface area contributed by atoms with E-state index in [2.05, 4.69) is 44.3 Å². The molecular weight excluding hydrogens is 234 g/mol. The van der Waals surface area contributed by atoms with E-state index in [4.69, 9.17) is 0 Å². The van der Waals surface area contributed by atoms with Gasteiger partial charge in [0.25, 0.3) is 0 Å². The van der Waals surface area contributed by atoms with Crippen LogP contribution < -0.4 is 5.32 Å². The molecule has 1 atom stereocenters. The second-order valence-corrected chi connectivity index (χ2v) is 5.89. The molecule has 0 bridgehead atoms. The van der Waals surface area contributed by atoms with Gasteiger partial charge in [-0.1, -0.05) is 40.5 Å². The lowest BCUT2D eigenvalue weighted by Crippen LogP contribution is -2.23. The second kappa shape index (κ2) is 8.36. The quantitative estimate of drug-likeness (QED) is 0.735. The highest BCUT2D eigenvalue weighted by molar-refractivity contribution is 5.21. The Bertz CT molecular complexity index is 355. The van der Waals surface area contributed by atoms with Gasteiger partial charge in [-0.2, -0.15) is 5.10 Å². The molecule has 1 N–H and O–H groups in total. The first-order chi connectivity index (χ1) is 9.08. The zero-order valence-corrected chi connectivity index (χ0v) is 13.4. The molecule has 1 heterocycles. The first kappa shape index (κ1) is 16.2. The predicted octanol–water partition coefficient (Wildman–Crippen LogP) is 3.85. The third-order valence-corrected chi connectivity index (χ3v) is 3.56. The Balaban J connectivity index is 2.70. The minimum Gasteiger partial charge on any atom is -0.310 e. The van der Waals surface area contributed by atoms with E-state index in [1.807, 2.05) is 11.7 Å². The van der Waals surface area contributed by atoms with Crippen molar-refractivity contribution in [3.63, 3.8) is 0 Å². The monoisotopic (exact) mass is 265 g/mol. The Labute approximate surface area is 118 Å². The molecular formula is C16H31N3. The van der Waals surface area contributed by atoms with Crippen molar-refractivity contribution in [3.05, 3.63) is 17.5 Å². The van der Waals surface area contributed by atoms with Gasteiger partial charge in [-0.05, 0) is 31.7 Å². The van der Waals surface area contributed by atoms with Crippen molar-refractivity contribution >= 4 is 0 Å². The number of aromatic nitrogens is 2. The largest absolute Gasteiger partial charge is 0.310 e. The summed E-state index contributed by atoms with van der Waals surface area (Å²) in [6, 6.07) is 0.474. The summed E-state index contributed by atoms with van der Waals surface area (Å²) in [5.41, 5.74) is 2.66. The number of nitrogens with one attached hydrogen (secondary N) is 1. The lowest BCUT2D eigenvalue weighted by atomic mass is 9.97. The maximum Gasteiger partial charge on any atom is 0.0669 e. The van der Waals surface area contributed by atoms with Crippen molar-refractivity contribution in [2.24, 2.45) is 13.0 Å². The van der Waals surface area contributed by atoms with Crippen LogP contribution in [0.3, 0.4) is 0 Å². The smallest absolute Gasteiger partial charge is 0.0669 e. The van der Waals surface area contributed by atoms with Gasteiger partial charge in [-0.25, -0.2) is 0 Å². The first-order valence-electron chi connectivity index (χ1n) is 7.84. The van der Waals surface area contributed by atoms with Crippen LogP contribution in [0, 0.1) is 5.92 Å². The predicted molar refractivity (Wildman–Crippen MR) is 82.3 cm³/mol. The molecule has 0 aliphatic rings. The summed E-state index contributed by atoms with van der Waals surface area (Å²) in [7, 11) is 2.02. The third kappa shape index (κ3) is 5.35. The van der Waals surface area contributed by atoms with Crippen LogP contribution in [0.15, 0.2) is 6.20 Å². The number of hydrogen-bond acceptors (Lipinski definition) is 2.